The molecule has 8 heteroatoms. The van der Waals surface area contributed by atoms with Gasteiger partial charge in [-0.15, -0.1) is 0 Å². The maximum Gasteiger partial charge on any atom is 0.354 e. The summed E-state index contributed by atoms with van der Waals surface area (Å²) in [6.45, 7) is 0. The first-order valence-corrected chi connectivity index (χ1v) is 6.26. The largest absolute Gasteiger partial charge is 0.477 e. The lowest BCUT2D eigenvalue weighted by molar-refractivity contribution is 0.0690. The molecule has 3 aromatic heterocycles. The first-order valence-electron chi connectivity index (χ1n) is 6.26. The van der Waals surface area contributed by atoms with Gasteiger partial charge in [0, 0.05) is 31.1 Å². The van der Waals surface area contributed by atoms with Gasteiger partial charge >= 0.3 is 5.97 Å². The topological polar surface area (TPSA) is 93.8 Å². The van der Waals surface area contributed by atoms with E-state index in [0.29, 0.717) is 16.8 Å². The van der Waals surface area contributed by atoms with Crippen LogP contribution in [-0.2, 0) is 7.05 Å². The maximum absolute atomic E-state index is 13.3. The normalized spacial score (nSPS) is 10.6. The first kappa shape index (κ1) is 13.8. The molecule has 3 heterocycles. The van der Waals surface area contributed by atoms with Crippen molar-refractivity contribution in [1.29, 1.82) is 0 Å². The van der Waals surface area contributed by atoms with Gasteiger partial charge in [-0.1, -0.05) is 0 Å². The highest BCUT2D eigenvalue weighted by Crippen LogP contribution is 2.22. The second-order valence-corrected chi connectivity index (χ2v) is 4.54. The molecule has 0 atom stereocenters. The van der Waals surface area contributed by atoms with Crippen LogP contribution < -0.4 is 0 Å². The van der Waals surface area contributed by atoms with Crippen molar-refractivity contribution in [2.45, 2.75) is 0 Å². The van der Waals surface area contributed by atoms with Crippen LogP contribution >= 0.6 is 0 Å². The molecule has 0 saturated heterocycles. The van der Waals surface area contributed by atoms with E-state index in [9.17, 15) is 14.3 Å². The van der Waals surface area contributed by atoms with Gasteiger partial charge in [-0.05, 0) is 12.1 Å². The van der Waals surface area contributed by atoms with E-state index in [4.69, 9.17) is 0 Å². The fourth-order valence-electron chi connectivity index (χ4n) is 1.93. The van der Waals surface area contributed by atoms with E-state index in [1.54, 1.807) is 24.0 Å². The maximum atomic E-state index is 13.3. The van der Waals surface area contributed by atoms with Gasteiger partial charge < -0.3 is 5.11 Å². The summed E-state index contributed by atoms with van der Waals surface area (Å²) in [7, 11) is 1.73. The zero-order valence-corrected chi connectivity index (χ0v) is 11.4. The van der Waals surface area contributed by atoms with Crippen LogP contribution in [0.3, 0.4) is 0 Å². The van der Waals surface area contributed by atoms with Crippen molar-refractivity contribution >= 4 is 5.97 Å². The van der Waals surface area contributed by atoms with E-state index in [0.717, 1.165) is 0 Å². The van der Waals surface area contributed by atoms with E-state index in [-0.39, 0.29) is 11.5 Å². The zero-order valence-electron chi connectivity index (χ0n) is 11.4. The number of carboxylic acids is 1. The summed E-state index contributed by atoms with van der Waals surface area (Å²) in [6.07, 6.45) is 4.48. The molecule has 0 aromatic carbocycles. The molecule has 7 nitrogen and oxygen atoms in total. The van der Waals surface area contributed by atoms with Gasteiger partial charge in [0.05, 0.1) is 17.5 Å². The highest BCUT2D eigenvalue weighted by Gasteiger charge is 2.14. The number of hydrogen-bond acceptors (Lipinski definition) is 5. The molecule has 0 unspecified atom stereocenters. The number of aryl methyl sites for hydroxylation is 1. The van der Waals surface area contributed by atoms with Crippen molar-refractivity contribution in [3.63, 3.8) is 0 Å². The molecule has 1 N–H and O–H groups in total. The molecule has 0 spiro atoms. The molecule has 110 valence electrons. The van der Waals surface area contributed by atoms with Crippen molar-refractivity contribution < 1.29 is 14.3 Å². The van der Waals surface area contributed by atoms with Crippen molar-refractivity contribution in [3.05, 3.63) is 48.4 Å². The fourth-order valence-corrected chi connectivity index (χ4v) is 1.93. The molecular weight excluding hydrogens is 289 g/mol. The molecule has 0 aliphatic heterocycles. The van der Waals surface area contributed by atoms with E-state index >= 15 is 0 Å². The molecule has 0 aliphatic carbocycles. The predicted molar refractivity (Wildman–Crippen MR) is 74.4 cm³/mol. The van der Waals surface area contributed by atoms with Crippen LogP contribution in [0.5, 0.6) is 0 Å². The Balaban J connectivity index is 2.18. The summed E-state index contributed by atoms with van der Waals surface area (Å²) in [5, 5.41) is 13.2. The van der Waals surface area contributed by atoms with E-state index in [1.807, 2.05) is 0 Å². The van der Waals surface area contributed by atoms with Crippen molar-refractivity contribution in [1.82, 2.24) is 24.7 Å². The van der Waals surface area contributed by atoms with Crippen LogP contribution in [0.4, 0.5) is 4.39 Å². The number of rotatable bonds is 3. The van der Waals surface area contributed by atoms with E-state index in [1.165, 1.54) is 24.5 Å². The number of carbonyl (C=O) groups is 1. The van der Waals surface area contributed by atoms with Gasteiger partial charge in [0.1, 0.15) is 0 Å². The number of carboxylic acid groups (broad SMARTS) is 1. The quantitative estimate of drug-likeness (QED) is 0.741. The Hall–Kier alpha value is -3.16. The van der Waals surface area contributed by atoms with Gasteiger partial charge in [-0.25, -0.2) is 19.7 Å². The van der Waals surface area contributed by atoms with Crippen LogP contribution in [0.15, 0.2) is 36.8 Å². The molecule has 3 aromatic rings. The third-order valence-corrected chi connectivity index (χ3v) is 2.93. The minimum atomic E-state index is -1.19. The second kappa shape index (κ2) is 5.32. The third kappa shape index (κ3) is 2.66. The van der Waals surface area contributed by atoms with Crippen LogP contribution in [0.1, 0.15) is 10.5 Å². The minimum absolute atomic E-state index is 0.180. The molecule has 0 radical (unpaired) electrons. The highest BCUT2D eigenvalue weighted by molar-refractivity contribution is 5.87. The molecule has 0 aliphatic rings. The van der Waals surface area contributed by atoms with E-state index < -0.39 is 11.9 Å². The minimum Gasteiger partial charge on any atom is -0.477 e. The van der Waals surface area contributed by atoms with Crippen molar-refractivity contribution in [3.8, 4) is 22.6 Å². The van der Waals surface area contributed by atoms with Crippen LogP contribution in [-0.4, -0.2) is 35.8 Å². The Morgan fingerprint density at radius 3 is 2.73 bits per heavy atom. The number of hydrogen-bond donors (Lipinski definition) is 1. The Morgan fingerprint density at radius 1 is 1.27 bits per heavy atom. The second-order valence-electron chi connectivity index (χ2n) is 4.54. The van der Waals surface area contributed by atoms with E-state index in [2.05, 4.69) is 20.1 Å². The van der Waals surface area contributed by atoms with Crippen molar-refractivity contribution in [2.75, 3.05) is 0 Å². The predicted octanol–water partition coefficient (Wildman–Crippen LogP) is 1.78. The average molecular weight is 299 g/mol. The SMILES string of the molecule is Cn1cc(-c2nc(C(=O)O)cc(-c3ccnc(F)c3)n2)cn1. The third-order valence-electron chi connectivity index (χ3n) is 2.93. The Morgan fingerprint density at radius 2 is 2.09 bits per heavy atom. The number of nitrogens with zero attached hydrogens (tertiary/aromatic N) is 5. The van der Waals surface area contributed by atoms with Crippen LogP contribution in [0.2, 0.25) is 0 Å². The van der Waals surface area contributed by atoms with Crippen LogP contribution in [0.25, 0.3) is 22.6 Å². The average Bonchev–Trinajstić information content (AvgIpc) is 2.93. The summed E-state index contributed by atoms with van der Waals surface area (Å²) < 4.78 is 14.8. The zero-order chi connectivity index (χ0) is 15.7. The molecule has 22 heavy (non-hydrogen) atoms. The first-order chi connectivity index (χ1) is 10.5. The molecule has 0 bridgehead atoms. The summed E-state index contributed by atoms with van der Waals surface area (Å²) in [4.78, 5) is 23.0. The number of halogens is 1. The molecule has 0 saturated carbocycles. The van der Waals surface area contributed by atoms with Gasteiger partial charge in [-0.2, -0.15) is 9.49 Å². The molecule has 3 rings (SSSR count). The monoisotopic (exact) mass is 299 g/mol. The molecular formula is C14H10FN5O2. The summed E-state index contributed by atoms with van der Waals surface area (Å²) in [5.41, 5.74) is 1.11. The number of aromatic carboxylic acids is 1. The standard InChI is InChI=1S/C14H10FN5O2/c1-20-7-9(6-17-20)13-18-10(5-11(19-13)14(21)22)8-2-3-16-12(15)4-8/h2-7H,1H3,(H,21,22). The summed E-state index contributed by atoms with van der Waals surface area (Å²) >= 11 is 0. The van der Waals surface area contributed by atoms with Gasteiger partial charge in [0.15, 0.2) is 11.5 Å². The smallest absolute Gasteiger partial charge is 0.354 e. The highest BCUT2D eigenvalue weighted by atomic mass is 19.1. The lowest BCUT2D eigenvalue weighted by atomic mass is 10.1. The summed E-state index contributed by atoms with van der Waals surface area (Å²) in [5.74, 6) is -1.65. The van der Waals surface area contributed by atoms with Crippen LogP contribution in [0, 0.1) is 5.95 Å². The Bertz CT molecular complexity index is 862. The van der Waals surface area contributed by atoms with Gasteiger partial charge in [-0.3, -0.25) is 4.68 Å². The Labute approximate surface area is 124 Å². The lowest BCUT2D eigenvalue weighted by Crippen LogP contribution is -2.04. The molecule has 0 fully saturated rings. The summed E-state index contributed by atoms with van der Waals surface area (Å²) in [6, 6.07) is 4.02. The Kier molecular flexibility index (Phi) is 3.34. The number of pyridine rings is 1. The number of aromatic nitrogens is 5. The fraction of sp³-hybridized carbons (Fsp3) is 0.0714. The van der Waals surface area contributed by atoms with Gasteiger partial charge in [0.2, 0.25) is 5.95 Å². The van der Waals surface area contributed by atoms with Crippen molar-refractivity contribution in [2.24, 2.45) is 7.05 Å². The van der Waals surface area contributed by atoms with Gasteiger partial charge in [0.25, 0.3) is 0 Å². The lowest BCUT2D eigenvalue weighted by Gasteiger charge is -2.05. The molecule has 0 amide bonds.